The molecule has 0 fully saturated rings. The molecule has 5 aromatic carbocycles. The van der Waals surface area contributed by atoms with Gasteiger partial charge in [0, 0.05) is 16.8 Å². The van der Waals surface area contributed by atoms with Crippen molar-refractivity contribution in [2.75, 3.05) is 17.7 Å². The molecule has 0 heterocycles. The number of rotatable bonds is 11. The van der Waals surface area contributed by atoms with Gasteiger partial charge >= 0.3 is 11.9 Å². The van der Waals surface area contributed by atoms with Gasteiger partial charge in [-0.3, -0.25) is 9.59 Å². The molecule has 10 nitrogen and oxygen atoms in total. The van der Waals surface area contributed by atoms with E-state index in [-0.39, 0.29) is 44.8 Å². The summed E-state index contributed by atoms with van der Waals surface area (Å²) in [6, 6.07) is 30.2. The van der Waals surface area contributed by atoms with Crippen molar-refractivity contribution in [3.05, 3.63) is 148 Å². The second kappa shape index (κ2) is 14.1. The summed E-state index contributed by atoms with van der Waals surface area (Å²) in [6.07, 6.45) is 0. The van der Waals surface area contributed by atoms with Gasteiger partial charge in [-0.2, -0.15) is 0 Å². The molecule has 5 rings (SSSR count). The standard InChI is InChI=1S/C39H34N2O8/c1-23-8-18-31(37(44)45)33(20-23)35(42)40-26-6-5-7-27(21-26)41-36(43)34-22-30(17-19-32(34)38(46)47)49-29-15-11-25(12-16-29)39(2,3)24-9-13-28(48-4)14-10-24/h5-22H,1-4H3,(H,40,42)(H,41,43)(H,44,45)(H,46,47). The normalized spacial score (nSPS) is 10.9. The van der Waals surface area contributed by atoms with Crippen molar-refractivity contribution in [2.24, 2.45) is 0 Å². The molecule has 5 aromatic rings. The van der Waals surface area contributed by atoms with Crippen molar-refractivity contribution >= 4 is 35.1 Å². The smallest absolute Gasteiger partial charge is 0.336 e. The van der Waals surface area contributed by atoms with E-state index in [1.54, 1.807) is 50.4 Å². The monoisotopic (exact) mass is 658 g/mol. The number of carboxylic acid groups (broad SMARTS) is 2. The van der Waals surface area contributed by atoms with Crippen LogP contribution in [0.5, 0.6) is 17.2 Å². The first-order chi connectivity index (χ1) is 23.3. The van der Waals surface area contributed by atoms with Crippen LogP contribution in [0.15, 0.2) is 109 Å². The van der Waals surface area contributed by atoms with Crippen LogP contribution in [0, 0.1) is 6.92 Å². The van der Waals surface area contributed by atoms with E-state index >= 15 is 0 Å². The highest BCUT2D eigenvalue weighted by Crippen LogP contribution is 2.34. The number of carboxylic acids is 2. The lowest BCUT2D eigenvalue weighted by molar-refractivity contribution is 0.0683. The van der Waals surface area contributed by atoms with Gasteiger partial charge in [-0.25, -0.2) is 9.59 Å². The van der Waals surface area contributed by atoms with Gasteiger partial charge in [-0.15, -0.1) is 0 Å². The molecule has 0 aromatic heterocycles. The Labute approximate surface area is 283 Å². The maximum Gasteiger partial charge on any atom is 0.336 e. The average Bonchev–Trinajstić information content (AvgIpc) is 3.08. The Bertz CT molecular complexity index is 2050. The Kier molecular flexibility index (Phi) is 9.79. The lowest BCUT2D eigenvalue weighted by Crippen LogP contribution is -2.18. The number of carbonyl (C=O) groups is 4. The van der Waals surface area contributed by atoms with Crippen LogP contribution < -0.4 is 20.1 Å². The fourth-order valence-corrected chi connectivity index (χ4v) is 5.32. The van der Waals surface area contributed by atoms with Gasteiger partial charge in [0.05, 0.1) is 29.4 Å². The number of nitrogens with one attached hydrogen (secondary N) is 2. The summed E-state index contributed by atoms with van der Waals surface area (Å²) < 4.78 is 11.3. The van der Waals surface area contributed by atoms with E-state index in [1.165, 1.54) is 36.4 Å². The van der Waals surface area contributed by atoms with Gasteiger partial charge in [0.2, 0.25) is 0 Å². The lowest BCUT2D eigenvalue weighted by Gasteiger charge is -2.26. The Morgan fingerprint density at radius 1 is 0.571 bits per heavy atom. The number of methoxy groups -OCH3 is 1. The molecule has 0 radical (unpaired) electrons. The summed E-state index contributed by atoms with van der Waals surface area (Å²) in [5.41, 5.74) is 2.58. The first-order valence-corrected chi connectivity index (χ1v) is 15.2. The van der Waals surface area contributed by atoms with Gasteiger partial charge in [-0.05, 0) is 90.8 Å². The molecule has 4 N–H and O–H groups in total. The van der Waals surface area contributed by atoms with Crippen LogP contribution in [0.1, 0.15) is 72.0 Å². The quantitative estimate of drug-likeness (QED) is 0.111. The predicted octanol–water partition coefficient (Wildman–Crippen LogP) is 8.02. The van der Waals surface area contributed by atoms with Gasteiger partial charge in [0.25, 0.3) is 11.8 Å². The number of amides is 2. The van der Waals surface area contributed by atoms with Gasteiger partial charge in [0.1, 0.15) is 17.2 Å². The SMILES string of the molecule is COc1ccc(C(C)(C)c2ccc(Oc3ccc(C(=O)O)c(C(=O)Nc4cccc(NC(=O)c5cc(C)ccc5C(=O)O)c4)c3)cc2)cc1. The summed E-state index contributed by atoms with van der Waals surface area (Å²) >= 11 is 0. The molecule has 0 aliphatic heterocycles. The van der Waals surface area contributed by atoms with E-state index < -0.39 is 23.8 Å². The van der Waals surface area contributed by atoms with Crippen LogP contribution >= 0.6 is 0 Å². The predicted molar refractivity (Wildman–Crippen MR) is 186 cm³/mol. The summed E-state index contributed by atoms with van der Waals surface area (Å²) in [5.74, 6) is -2.36. The van der Waals surface area contributed by atoms with Gasteiger partial charge in [0.15, 0.2) is 0 Å². The molecule has 0 saturated carbocycles. The van der Waals surface area contributed by atoms with E-state index in [0.29, 0.717) is 11.3 Å². The minimum absolute atomic E-state index is 0.0135. The number of hydrogen-bond acceptors (Lipinski definition) is 6. The lowest BCUT2D eigenvalue weighted by atomic mass is 9.78. The molecule has 0 aliphatic rings. The third kappa shape index (κ3) is 7.77. The Balaban J connectivity index is 1.32. The number of ether oxygens (including phenoxy) is 2. The third-order valence-corrected chi connectivity index (χ3v) is 8.12. The van der Waals surface area contributed by atoms with Crippen molar-refractivity contribution < 1.29 is 38.9 Å². The molecule has 49 heavy (non-hydrogen) atoms. The Morgan fingerprint density at radius 2 is 1.04 bits per heavy atom. The zero-order valence-corrected chi connectivity index (χ0v) is 27.2. The average molecular weight is 659 g/mol. The maximum absolute atomic E-state index is 13.4. The second-order valence-electron chi connectivity index (χ2n) is 11.8. The minimum atomic E-state index is -1.30. The Hall–Kier alpha value is -6.42. The van der Waals surface area contributed by atoms with Crippen LogP contribution in [0.2, 0.25) is 0 Å². The largest absolute Gasteiger partial charge is 0.497 e. The fourth-order valence-electron chi connectivity index (χ4n) is 5.32. The van der Waals surface area contributed by atoms with Crippen LogP contribution in [-0.2, 0) is 5.41 Å². The van der Waals surface area contributed by atoms with Crippen molar-refractivity contribution in [1.29, 1.82) is 0 Å². The van der Waals surface area contributed by atoms with E-state index in [2.05, 4.69) is 24.5 Å². The molecule has 0 unspecified atom stereocenters. The molecule has 0 saturated heterocycles. The fraction of sp³-hybridized carbons (Fsp3) is 0.128. The number of carbonyl (C=O) groups excluding carboxylic acids is 2. The van der Waals surface area contributed by atoms with Crippen LogP contribution in [0.3, 0.4) is 0 Å². The number of aromatic carboxylic acids is 2. The molecule has 0 aliphatic carbocycles. The highest BCUT2D eigenvalue weighted by molar-refractivity contribution is 6.12. The van der Waals surface area contributed by atoms with Gasteiger partial charge in [-0.1, -0.05) is 55.8 Å². The van der Waals surface area contributed by atoms with E-state index in [0.717, 1.165) is 16.9 Å². The number of benzene rings is 5. The molecule has 0 bridgehead atoms. The zero-order valence-electron chi connectivity index (χ0n) is 27.2. The van der Waals surface area contributed by atoms with E-state index in [4.69, 9.17) is 9.47 Å². The van der Waals surface area contributed by atoms with Crippen LogP contribution in [0.4, 0.5) is 11.4 Å². The van der Waals surface area contributed by atoms with Crippen LogP contribution in [0.25, 0.3) is 0 Å². The minimum Gasteiger partial charge on any atom is -0.497 e. The number of aryl methyl sites for hydroxylation is 1. The van der Waals surface area contributed by atoms with Crippen molar-refractivity contribution in [2.45, 2.75) is 26.2 Å². The molecular formula is C39H34N2O8. The molecule has 0 spiro atoms. The Morgan fingerprint density at radius 3 is 1.55 bits per heavy atom. The topological polar surface area (TPSA) is 151 Å². The number of hydrogen-bond donors (Lipinski definition) is 4. The summed E-state index contributed by atoms with van der Waals surface area (Å²) in [7, 11) is 1.63. The molecular weight excluding hydrogens is 624 g/mol. The highest BCUT2D eigenvalue weighted by atomic mass is 16.5. The maximum atomic E-state index is 13.4. The van der Waals surface area contributed by atoms with E-state index in [9.17, 15) is 29.4 Å². The molecule has 0 atom stereocenters. The van der Waals surface area contributed by atoms with Crippen LogP contribution in [-0.4, -0.2) is 41.1 Å². The van der Waals surface area contributed by atoms with Crippen molar-refractivity contribution in [1.82, 2.24) is 0 Å². The molecule has 248 valence electrons. The van der Waals surface area contributed by atoms with E-state index in [1.807, 2.05) is 36.4 Å². The first kappa shape index (κ1) is 33.9. The zero-order chi connectivity index (χ0) is 35.3. The molecule has 10 heteroatoms. The van der Waals surface area contributed by atoms with Crippen molar-refractivity contribution in [3.8, 4) is 17.2 Å². The summed E-state index contributed by atoms with van der Waals surface area (Å²) in [6.45, 7) is 5.97. The number of anilines is 2. The second-order valence-corrected chi connectivity index (χ2v) is 11.8. The summed E-state index contributed by atoms with van der Waals surface area (Å²) in [4.78, 5) is 50.0. The molecule has 2 amide bonds. The highest BCUT2D eigenvalue weighted by Gasteiger charge is 2.24. The third-order valence-electron chi connectivity index (χ3n) is 8.12. The van der Waals surface area contributed by atoms with Crippen molar-refractivity contribution in [3.63, 3.8) is 0 Å². The summed E-state index contributed by atoms with van der Waals surface area (Å²) in [5, 5.41) is 24.6. The first-order valence-electron chi connectivity index (χ1n) is 15.2. The van der Waals surface area contributed by atoms with Gasteiger partial charge < -0.3 is 30.3 Å².